The standard InChI is InChI=1S/2C24H19F6N3O2.CH4.ClH/c2*25-23(26,27)16-2-1-3-19-20(16)21(34)15(11-31-19)22(35)32-18-9-8-14(10-17(18)24(28,29)30)33-12-4-5-13(33)7-6-12;;/h2*1-3,8-13H,4-7H2,(H,31,34)(H,32,35);1H4;1H. The fourth-order valence-electron chi connectivity index (χ4n) is 10.5. The van der Waals surface area contributed by atoms with Gasteiger partial charge in [-0.1, -0.05) is 19.6 Å². The first-order valence-electron chi connectivity index (χ1n) is 21.9. The quantitative estimate of drug-likeness (QED) is 0.123. The number of aromatic amines is 2. The molecule has 0 aliphatic carbocycles. The lowest BCUT2D eigenvalue weighted by molar-refractivity contribution is -0.137. The Labute approximate surface area is 407 Å². The van der Waals surface area contributed by atoms with Crippen LogP contribution < -0.4 is 31.3 Å². The number of halogens is 13. The molecule has 10 rings (SSSR count). The third kappa shape index (κ3) is 9.93. The van der Waals surface area contributed by atoms with Gasteiger partial charge in [-0.25, -0.2) is 0 Å². The fourth-order valence-corrected chi connectivity index (χ4v) is 10.5. The van der Waals surface area contributed by atoms with Gasteiger partial charge >= 0.3 is 24.7 Å². The van der Waals surface area contributed by atoms with Crippen LogP contribution in [-0.4, -0.2) is 45.9 Å². The number of carbonyl (C=O) groups is 2. The minimum atomic E-state index is -4.87. The van der Waals surface area contributed by atoms with Crippen molar-refractivity contribution < 1.29 is 62.3 Å². The summed E-state index contributed by atoms with van der Waals surface area (Å²) >= 11 is 0. The summed E-state index contributed by atoms with van der Waals surface area (Å²) in [4.78, 5) is 60.1. The van der Waals surface area contributed by atoms with Crippen molar-refractivity contribution in [2.45, 2.75) is 108 Å². The van der Waals surface area contributed by atoms with E-state index in [2.05, 4.69) is 20.6 Å². The van der Waals surface area contributed by atoms with Crippen molar-refractivity contribution in [3.8, 4) is 0 Å². The third-order valence-corrected chi connectivity index (χ3v) is 13.5. The summed E-state index contributed by atoms with van der Waals surface area (Å²) in [6.07, 6.45) is -10.3. The number of carbonyl (C=O) groups excluding carboxylic acids is 2. The normalized spacial score (nSPS) is 19.4. The molecule has 2 amide bonds. The number of H-pyrrole nitrogens is 2. The summed E-state index contributed by atoms with van der Waals surface area (Å²) in [5, 5.41) is 2.63. The van der Waals surface area contributed by atoms with Crippen molar-refractivity contribution in [3.63, 3.8) is 0 Å². The lowest BCUT2D eigenvalue weighted by atomic mass is 10.0. The molecule has 0 radical (unpaired) electrons. The highest BCUT2D eigenvalue weighted by atomic mass is 35.5. The second-order valence-electron chi connectivity index (χ2n) is 17.6. The number of nitrogens with zero attached hydrogens (tertiary/aromatic N) is 2. The molecule has 384 valence electrons. The average molecular weight is 1040 g/mol. The topological polar surface area (TPSA) is 130 Å². The van der Waals surface area contributed by atoms with E-state index in [1.807, 2.05) is 9.80 Å². The van der Waals surface area contributed by atoms with Crippen LogP contribution >= 0.6 is 12.4 Å². The van der Waals surface area contributed by atoms with Crippen LogP contribution in [0.5, 0.6) is 0 Å². The first-order chi connectivity index (χ1) is 32.9. The summed E-state index contributed by atoms with van der Waals surface area (Å²) < 4.78 is 164. The van der Waals surface area contributed by atoms with E-state index in [1.54, 1.807) is 0 Å². The Bertz CT molecular complexity index is 2940. The van der Waals surface area contributed by atoms with Crippen molar-refractivity contribution in [2.75, 3.05) is 20.4 Å². The monoisotopic (exact) mass is 1040 g/mol. The highest BCUT2D eigenvalue weighted by molar-refractivity contribution is 6.07. The van der Waals surface area contributed by atoms with Crippen LogP contribution in [0.1, 0.15) is 102 Å². The molecule has 0 unspecified atom stereocenters. The molecule has 0 atom stereocenters. The second kappa shape index (κ2) is 19.4. The predicted molar refractivity (Wildman–Crippen MR) is 249 cm³/mol. The van der Waals surface area contributed by atoms with Gasteiger partial charge in [-0.2, -0.15) is 52.7 Å². The summed E-state index contributed by atoms with van der Waals surface area (Å²) in [6, 6.07) is 13.9. The minimum Gasteiger partial charge on any atom is -0.366 e. The van der Waals surface area contributed by atoms with E-state index >= 15 is 0 Å². The number of benzene rings is 4. The number of aromatic nitrogens is 2. The predicted octanol–water partition coefficient (Wildman–Crippen LogP) is 13.0. The lowest BCUT2D eigenvalue weighted by Crippen LogP contribution is -2.29. The smallest absolute Gasteiger partial charge is 0.366 e. The van der Waals surface area contributed by atoms with Crippen LogP contribution in [0, 0.1) is 0 Å². The van der Waals surface area contributed by atoms with Gasteiger partial charge in [-0.3, -0.25) is 19.2 Å². The summed E-state index contributed by atoms with van der Waals surface area (Å²) in [5.41, 5.74) is -9.27. The first kappa shape index (κ1) is 53.1. The highest BCUT2D eigenvalue weighted by Gasteiger charge is 2.44. The Morgan fingerprint density at radius 2 is 0.778 bits per heavy atom. The molecule has 4 bridgehead atoms. The Balaban J connectivity index is 0.000000206. The number of nitrogens with one attached hydrogen (secondary N) is 4. The fraction of sp³-hybridized carbons (Fsp3) is 0.347. The Morgan fingerprint density at radius 1 is 0.472 bits per heavy atom. The number of alkyl halides is 12. The van der Waals surface area contributed by atoms with E-state index in [1.165, 1.54) is 24.3 Å². The lowest BCUT2D eigenvalue weighted by Gasteiger charge is -2.26. The number of rotatable bonds is 6. The van der Waals surface area contributed by atoms with E-state index in [9.17, 15) is 71.9 Å². The van der Waals surface area contributed by atoms with Crippen LogP contribution in [0.25, 0.3) is 21.8 Å². The molecular weight excluding hydrogens is 1000 g/mol. The zero-order valence-electron chi connectivity index (χ0n) is 36.5. The second-order valence-corrected chi connectivity index (χ2v) is 17.6. The van der Waals surface area contributed by atoms with Crippen molar-refractivity contribution in [3.05, 3.63) is 139 Å². The van der Waals surface area contributed by atoms with Crippen LogP contribution in [0.2, 0.25) is 0 Å². The maximum Gasteiger partial charge on any atom is 0.418 e. The van der Waals surface area contributed by atoms with Gasteiger partial charge in [0.1, 0.15) is 11.1 Å². The molecule has 0 saturated carbocycles. The van der Waals surface area contributed by atoms with Crippen LogP contribution in [0.3, 0.4) is 0 Å². The summed E-state index contributed by atoms with van der Waals surface area (Å²) in [5.74, 6) is -2.49. The molecule has 6 aromatic rings. The number of fused-ring (bicyclic) bond motifs is 6. The molecule has 0 spiro atoms. The van der Waals surface area contributed by atoms with Gasteiger partial charge in [0.15, 0.2) is 0 Å². The van der Waals surface area contributed by atoms with Gasteiger partial charge in [-0.05, 0) is 112 Å². The van der Waals surface area contributed by atoms with Crippen molar-refractivity contribution in [1.82, 2.24) is 9.97 Å². The van der Waals surface area contributed by atoms with Crippen LogP contribution in [0.15, 0.2) is 94.8 Å². The van der Waals surface area contributed by atoms with E-state index in [-0.39, 0.29) is 55.0 Å². The van der Waals surface area contributed by atoms with Gasteiger partial charge in [-0.15, -0.1) is 12.4 Å². The van der Waals surface area contributed by atoms with Crippen molar-refractivity contribution in [1.29, 1.82) is 0 Å². The van der Waals surface area contributed by atoms with Gasteiger partial charge in [0, 0.05) is 59.0 Å². The minimum absolute atomic E-state index is 0. The molecule has 4 fully saturated rings. The molecule has 4 aliphatic heterocycles. The molecule has 72 heavy (non-hydrogen) atoms. The SMILES string of the molecule is C.Cl.O=C(Nc1ccc(N2C3CCC2CC3)cc1C(F)(F)F)c1c[nH]c2cccc(C(F)(F)F)c2c1=O.O=C(Nc1ccc(N2C3CCC2CC3)cc1C(F)(F)F)c1c[nH]c2cccc(C(F)(F)F)c2c1=O. The third-order valence-electron chi connectivity index (χ3n) is 13.5. The Morgan fingerprint density at radius 3 is 1.07 bits per heavy atom. The number of hydrogen-bond acceptors (Lipinski definition) is 6. The van der Waals surface area contributed by atoms with E-state index in [0.717, 1.165) is 100 Å². The molecule has 4 N–H and O–H groups in total. The number of hydrogen-bond donors (Lipinski definition) is 4. The van der Waals surface area contributed by atoms with Crippen molar-refractivity contribution in [2.24, 2.45) is 0 Å². The van der Waals surface area contributed by atoms with Gasteiger partial charge in [0.25, 0.3) is 11.8 Å². The molecule has 4 aliphatic rings. The van der Waals surface area contributed by atoms with Gasteiger partial charge in [0.05, 0.1) is 44.4 Å². The Hall–Kier alpha value is -6.71. The molecule has 4 saturated heterocycles. The molecule has 2 aromatic heterocycles. The summed E-state index contributed by atoms with van der Waals surface area (Å²) in [7, 11) is 0. The molecular formula is C49H43ClF12N6O4. The zero-order valence-corrected chi connectivity index (χ0v) is 37.3. The zero-order chi connectivity index (χ0) is 50.2. The highest BCUT2D eigenvalue weighted by Crippen LogP contribution is 2.46. The van der Waals surface area contributed by atoms with E-state index in [4.69, 9.17) is 0 Å². The van der Waals surface area contributed by atoms with Gasteiger partial charge in [0.2, 0.25) is 10.9 Å². The van der Waals surface area contributed by atoms with Crippen molar-refractivity contribution >= 4 is 68.8 Å². The maximum absolute atomic E-state index is 13.9. The molecule has 23 heteroatoms. The molecule has 10 nitrogen and oxygen atoms in total. The first-order valence-corrected chi connectivity index (χ1v) is 21.9. The van der Waals surface area contributed by atoms with Gasteiger partial charge < -0.3 is 30.4 Å². The number of pyridine rings is 2. The molecule has 6 heterocycles. The Kier molecular flexibility index (Phi) is 14.3. The maximum atomic E-state index is 13.9. The molecule has 4 aromatic carbocycles. The van der Waals surface area contributed by atoms with Crippen LogP contribution in [-0.2, 0) is 24.7 Å². The van der Waals surface area contributed by atoms with E-state index in [0.29, 0.717) is 23.5 Å². The summed E-state index contributed by atoms with van der Waals surface area (Å²) in [6.45, 7) is 0. The number of amides is 2. The average Bonchev–Trinajstić information content (AvgIpc) is 4.10. The number of anilines is 4. The van der Waals surface area contributed by atoms with E-state index < -0.39 is 103 Å². The van der Waals surface area contributed by atoms with Crippen LogP contribution in [0.4, 0.5) is 75.4 Å². The largest absolute Gasteiger partial charge is 0.418 e.